The Balaban J connectivity index is 1.58. The molecule has 3 rings (SSSR count). The van der Waals surface area contributed by atoms with Gasteiger partial charge in [-0.15, -0.1) is 23.1 Å². The predicted molar refractivity (Wildman–Crippen MR) is 109 cm³/mol. The molecule has 1 heterocycles. The number of thiazole rings is 1. The van der Waals surface area contributed by atoms with Crippen LogP contribution in [0.1, 0.15) is 26.6 Å². The summed E-state index contributed by atoms with van der Waals surface area (Å²) in [5.74, 6) is -0.487. The predicted octanol–water partition coefficient (Wildman–Crippen LogP) is 4.62. The van der Waals surface area contributed by atoms with Crippen LogP contribution in [0.2, 0.25) is 0 Å². The number of hydrogen-bond donors (Lipinski definition) is 2. The summed E-state index contributed by atoms with van der Waals surface area (Å²) in [4.78, 5) is 28.7. The molecule has 1 amide bonds. The van der Waals surface area contributed by atoms with Crippen molar-refractivity contribution >= 4 is 40.7 Å². The lowest BCUT2D eigenvalue weighted by atomic mass is 10.2. The maximum atomic E-state index is 12.2. The number of carboxylic acids is 1. The summed E-state index contributed by atoms with van der Waals surface area (Å²) in [6.45, 7) is 1.95. The fraction of sp³-hybridized carbons (Fsp3) is 0.150. The van der Waals surface area contributed by atoms with Crippen LogP contribution in [0.4, 0.5) is 5.69 Å². The van der Waals surface area contributed by atoms with Gasteiger partial charge in [0.25, 0.3) is 0 Å². The summed E-state index contributed by atoms with van der Waals surface area (Å²) in [5.41, 5.74) is 2.94. The zero-order valence-electron chi connectivity index (χ0n) is 14.6. The molecule has 0 unspecified atom stereocenters. The molecule has 0 aliphatic rings. The number of hydrogen-bond acceptors (Lipinski definition) is 5. The fourth-order valence-corrected chi connectivity index (χ4v) is 4.30. The first-order chi connectivity index (χ1) is 13.0. The minimum absolute atomic E-state index is 0.103. The average Bonchev–Trinajstić information content (AvgIpc) is 3.09. The number of nitrogens with zero attached hydrogens (tertiary/aromatic N) is 1. The van der Waals surface area contributed by atoms with Crippen molar-refractivity contribution in [1.29, 1.82) is 0 Å². The third kappa shape index (κ3) is 5.18. The Morgan fingerprint density at radius 2 is 1.89 bits per heavy atom. The molecule has 27 heavy (non-hydrogen) atoms. The number of anilines is 1. The van der Waals surface area contributed by atoms with E-state index in [2.05, 4.69) is 10.3 Å². The maximum Gasteiger partial charge on any atom is 0.336 e. The van der Waals surface area contributed by atoms with E-state index in [4.69, 9.17) is 0 Å². The van der Waals surface area contributed by atoms with Crippen LogP contribution in [0.3, 0.4) is 0 Å². The average molecular weight is 399 g/mol. The zero-order valence-corrected chi connectivity index (χ0v) is 16.3. The molecule has 0 saturated carbocycles. The molecule has 7 heteroatoms. The number of carbonyl (C=O) groups is 2. The van der Waals surface area contributed by atoms with Crippen LogP contribution < -0.4 is 5.32 Å². The van der Waals surface area contributed by atoms with Gasteiger partial charge in [0.05, 0.1) is 17.7 Å². The molecule has 138 valence electrons. The Labute approximate surface area is 165 Å². The summed E-state index contributed by atoms with van der Waals surface area (Å²) < 4.78 is 0. The molecule has 0 saturated heterocycles. The van der Waals surface area contributed by atoms with Crippen LogP contribution in [0.15, 0.2) is 58.8 Å². The normalized spacial score (nSPS) is 10.6. The van der Waals surface area contributed by atoms with Crippen molar-refractivity contribution in [2.45, 2.75) is 24.0 Å². The standard InChI is InChI=1S/C20H18N2O3S2/c1-13-6-2-4-8-16(13)22-18(23)10-19-21-14(12-27-19)11-26-17-9-5-3-7-15(17)20(24)25/h2-9,12H,10-11H2,1H3,(H,22,23)(H,24,25). The van der Waals surface area contributed by atoms with Gasteiger partial charge in [-0.3, -0.25) is 4.79 Å². The molecule has 0 atom stereocenters. The van der Waals surface area contributed by atoms with Crippen molar-refractivity contribution in [2.24, 2.45) is 0 Å². The third-order valence-electron chi connectivity index (χ3n) is 3.82. The summed E-state index contributed by atoms with van der Waals surface area (Å²) in [5, 5.41) is 14.8. The van der Waals surface area contributed by atoms with Gasteiger partial charge in [0.15, 0.2) is 0 Å². The van der Waals surface area contributed by atoms with Crippen molar-refractivity contribution < 1.29 is 14.7 Å². The molecule has 0 aliphatic heterocycles. The first kappa shape index (κ1) is 19.1. The molecule has 0 fully saturated rings. The van der Waals surface area contributed by atoms with Gasteiger partial charge in [0.1, 0.15) is 5.01 Å². The molecule has 2 aromatic carbocycles. The van der Waals surface area contributed by atoms with Crippen molar-refractivity contribution in [1.82, 2.24) is 4.98 Å². The quantitative estimate of drug-likeness (QED) is 0.568. The highest BCUT2D eigenvalue weighted by atomic mass is 32.2. The molecule has 0 bridgehead atoms. The molecule has 2 N–H and O–H groups in total. The van der Waals surface area contributed by atoms with Crippen molar-refractivity contribution in [2.75, 3.05) is 5.32 Å². The number of thioether (sulfide) groups is 1. The van der Waals surface area contributed by atoms with E-state index < -0.39 is 5.97 Å². The minimum atomic E-state index is -0.940. The van der Waals surface area contributed by atoms with Crippen molar-refractivity contribution in [3.8, 4) is 0 Å². The number of para-hydroxylation sites is 1. The van der Waals surface area contributed by atoms with E-state index >= 15 is 0 Å². The molecule has 0 radical (unpaired) electrons. The second kappa shape index (κ2) is 8.83. The topological polar surface area (TPSA) is 79.3 Å². The van der Waals surface area contributed by atoms with Gasteiger partial charge in [-0.25, -0.2) is 9.78 Å². The fourth-order valence-electron chi connectivity index (χ4n) is 2.46. The van der Waals surface area contributed by atoms with Gasteiger partial charge in [-0.05, 0) is 30.7 Å². The number of amides is 1. The lowest BCUT2D eigenvalue weighted by Crippen LogP contribution is -2.15. The molecular weight excluding hydrogens is 380 g/mol. The summed E-state index contributed by atoms with van der Waals surface area (Å²) in [7, 11) is 0. The second-order valence-corrected chi connectivity index (χ2v) is 7.82. The van der Waals surface area contributed by atoms with Gasteiger partial charge in [-0.1, -0.05) is 30.3 Å². The molecule has 5 nitrogen and oxygen atoms in total. The molecule has 1 aromatic heterocycles. The Morgan fingerprint density at radius 3 is 2.67 bits per heavy atom. The zero-order chi connectivity index (χ0) is 19.2. The van der Waals surface area contributed by atoms with Crippen LogP contribution in [0, 0.1) is 6.92 Å². The Hall–Kier alpha value is -2.64. The summed E-state index contributed by atoms with van der Waals surface area (Å²) >= 11 is 2.86. The number of aromatic carboxylic acids is 1. The Morgan fingerprint density at radius 1 is 1.15 bits per heavy atom. The second-order valence-electron chi connectivity index (χ2n) is 5.86. The van der Waals surface area contributed by atoms with E-state index in [1.54, 1.807) is 18.2 Å². The van der Waals surface area contributed by atoms with E-state index in [9.17, 15) is 14.7 Å². The van der Waals surface area contributed by atoms with Gasteiger partial charge in [0, 0.05) is 21.7 Å². The highest BCUT2D eigenvalue weighted by Gasteiger charge is 2.12. The molecular formula is C20H18N2O3S2. The molecule has 0 aliphatic carbocycles. The Bertz CT molecular complexity index is 969. The number of aryl methyl sites for hydroxylation is 1. The number of carboxylic acid groups (broad SMARTS) is 1. The van der Waals surface area contributed by atoms with Crippen LogP contribution in [-0.4, -0.2) is 22.0 Å². The summed E-state index contributed by atoms with van der Waals surface area (Å²) in [6, 6.07) is 14.5. The lowest BCUT2D eigenvalue weighted by molar-refractivity contribution is -0.115. The largest absolute Gasteiger partial charge is 0.478 e. The van der Waals surface area contributed by atoms with Crippen LogP contribution in [0.25, 0.3) is 0 Å². The van der Waals surface area contributed by atoms with Crippen molar-refractivity contribution in [3.63, 3.8) is 0 Å². The van der Waals surface area contributed by atoms with Gasteiger partial charge in [-0.2, -0.15) is 0 Å². The molecule has 0 spiro atoms. The van der Waals surface area contributed by atoms with E-state index in [0.29, 0.717) is 10.6 Å². The van der Waals surface area contributed by atoms with E-state index in [0.717, 1.165) is 22.0 Å². The van der Waals surface area contributed by atoms with E-state index in [1.807, 2.05) is 42.6 Å². The minimum Gasteiger partial charge on any atom is -0.478 e. The monoisotopic (exact) mass is 398 g/mol. The summed E-state index contributed by atoms with van der Waals surface area (Å²) in [6.07, 6.45) is 0.218. The van der Waals surface area contributed by atoms with E-state index in [-0.39, 0.29) is 17.9 Å². The van der Waals surface area contributed by atoms with Crippen LogP contribution in [0.5, 0.6) is 0 Å². The number of benzene rings is 2. The number of carbonyl (C=O) groups excluding carboxylic acids is 1. The van der Waals surface area contributed by atoms with Gasteiger partial charge < -0.3 is 10.4 Å². The molecule has 3 aromatic rings. The first-order valence-corrected chi connectivity index (χ1v) is 10.1. The van der Waals surface area contributed by atoms with Crippen LogP contribution in [-0.2, 0) is 17.0 Å². The number of rotatable bonds is 7. The van der Waals surface area contributed by atoms with Gasteiger partial charge >= 0.3 is 5.97 Å². The first-order valence-electron chi connectivity index (χ1n) is 8.27. The van der Waals surface area contributed by atoms with Crippen LogP contribution >= 0.6 is 23.1 Å². The maximum absolute atomic E-state index is 12.2. The number of aromatic nitrogens is 1. The van der Waals surface area contributed by atoms with Crippen molar-refractivity contribution in [3.05, 3.63) is 75.7 Å². The SMILES string of the molecule is Cc1ccccc1NC(=O)Cc1nc(CSc2ccccc2C(=O)O)cs1. The smallest absolute Gasteiger partial charge is 0.336 e. The Kier molecular flexibility index (Phi) is 6.26. The number of nitrogens with one attached hydrogen (secondary N) is 1. The lowest BCUT2D eigenvalue weighted by Gasteiger charge is -2.06. The highest BCUT2D eigenvalue weighted by molar-refractivity contribution is 7.98. The van der Waals surface area contributed by atoms with E-state index in [1.165, 1.54) is 23.1 Å². The highest BCUT2D eigenvalue weighted by Crippen LogP contribution is 2.27. The van der Waals surface area contributed by atoms with Gasteiger partial charge in [0.2, 0.25) is 5.91 Å². The third-order valence-corrected chi connectivity index (χ3v) is 5.83.